The van der Waals surface area contributed by atoms with Gasteiger partial charge >= 0.3 is 9.05 Å². The molecule has 0 aliphatic carbocycles. The Labute approximate surface area is 109 Å². The first kappa shape index (κ1) is 15.1. The van der Waals surface area contributed by atoms with E-state index in [9.17, 15) is 4.80 Å². The van der Waals surface area contributed by atoms with Gasteiger partial charge in [0.2, 0.25) is 0 Å². The minimum atomic E-state index is -3.55. The standard InChI is InChI=1S/C12H21NO4Si/c1-4-15-18(14,16-5-2)17-10(3)11-7-6-8-12(13)9-11/h6-10,14H,4-5,13H2,1-3H3. The largest absolute Gasteiger partial charge is 0.677 e. The molecule has 5 nitrogen and oxygen atoms in total. The number of hydrogen-bond donors (Lipinski definition) is 2. The molecule has 0 saturated heterocycles. The molecule has 1 aromatic carbocycles. The molecule has 0 bridgehead atoms. The number of anilines is 1. The molecule has 3 N–H and O–H groups in total. The Morgan fingerprint density at radius 1 is 1.28 bits per heavy atom. The Morgan fingerprint density at radius 3 is 2.39 bits per heavy atom. The molecule has 0 spiro atoms. The third-order valence-corrected chi connectivity index (χ3v) is 4.32. The van der Waals surface area contributed by atoms with Crippen LogP contribution in [0.3, 0.4) is 0 Å². The van der Waals surface area contributed by atoms with Gasteiger partial charge in [0.15, 0.2) is 0 Å². The van der Waals surface area contributed by atoms with Gasteiger partial charge in [-0.1, -0.05) is 12.1 Å². The summed E-state index contributed by atoms with van der Waals surface area (Å²) >= 11 is 0. The van der Waals surface area contributed by atoms with E-state index in [2.05, 4.69) is 0 Å². The summed E-state index contributed by atoms with van der Waals surface area (Å²) in [7, 11) is -3.55. The molecule has 0 aliphatic rings. The second kappa shape index (κ2) is 6.86. The highest BCUT2D eigenvalue weighted by atomic mass is 28.4. The topological polar surface area (TPSA) is 73.9 Å². The summed E-state index contributed by atoms with van der Waals surface area (Å²) in [6.45, 7) is 6.07. The average molecular weight is 271 g/mol. The number of nitrogen functional groups attached to an aromatic ring is 1. The lowest BCUT2D eigenvalue weighted by Crippen LogP contribution is -2.46. The fourth-order valence-electron chi connectivity index (χ4n) is 1.58. The van der Waals surface area contributed by atoms with E-state index in [1.165, 1.54) is 0 Å². The Hall–Kier alpha value is -0.923. The lowest BCUT2D eigenvalue weighted by Gasteiger charge is -2.25. The van der Waals surface area contributed by atoms with Gasteiger partial charge in [-0.2, -0.15) is 0 Å². The first-order valence-corrected chi connectivity index (χ1v) is 7.71. The van der Waals surface area contributed by atoms with Crippen LogP contribution in [0.4, 0.5) is 5.69 Å². The average Bonchev–Trinajstić information content (AvgIpc) is 2.29. The maximum absolute atomic E-state index is 10.2. The first-order valence-electron chi connectivity index (χ1n) is 6.04. The Bertz CT molecular complexity index is 369. The van der Waals surface area contributed by atoms with Crippen LogP contribution in [0.25, 0.3) is 0 Å². The van der Waals surface area contributed by atoms with Gasteiger partial charge in [0.1, 0.15) is 0 Å². The van der Waals surface area contributed by atoms with Gasteiger partial charge in [0.25, 0.3) is 0 Å². The molecule has 102 valence electrons. The molecule has 18 heavy (non-hydrogen) atoms. The molecule has 1 rings (SSSR count). The van der Waals surface area contributed by atoms with Gasteiger partial charge in [-0.15, -0.1) is 0 Å². The number of benzene rings is 1. The van der Waals surface area contributed by atoms with Gasteiger partial charge in [-0.25, -0.2) is 0 Å². The van der Waals surface area contributed by atoms with Crippen molar-refractivity contribution in [2.24, 2.45) is 0 Å². The number of hydrogen-bond acceptors (Lipinski definition) is 5. The van der Waals surface area contributed by atoms with Gasteiger partial charge in [-0.3, -0.25) is 0 Å². The summed E-state index contributed by atoms with van der Waals surface area (Å²) in [5.41, 5.74) is 7.24. The SMILES string of the molecule is CCO[Si](O)(OCC)OC(C)c1cccc(N)c1. The summed E-state index contributed by atoms with van der Waals surface area (Å²) in [5.74, 6) is 0. The van der Waals surface area contributed by atoms with Crippen LogP contribution in [0.5, 0.6) is 0 Å². The van der Waals surface area contributed by atoms with Crippen LogP contribution in [-0.4, -0.2) is 27.1 Å². The molecule has 1 unspecified atom stereocenters. The monoisotopic (exact) mass is 271 g/mol. The van der Waals surface area contributed by atoms with Crippen molar-refractivity contribution in [2.45, 2.75) is 26.9 Å². The maximum atomic E-state index is 10.2. The van der Waals surface area contributed by atoms with Crippen LogP contribution in [0.1, 0.15) is 32.4 Å². The second-order valence-electron chi connectivity index (χ2n) is 3.82. The molecular weight excluding hydrogens is 250 g/mol. The highest BCUT2D eigenvalue weighted by Crippen LogP contribution is 2.23. The summed E-state index contributed by atoms with van der Waals surface area (Å²) in [5, 5.41) is 0. The minimum Gasteiger partial charge on any atom is -0.399 e. The van der Waals surface area contributed by atoms with Crippen LogP contribution in [0, 0.1) is 0 Å². The van der Waals surface area contributed by atoms with Gasteiger partial charge in [0, 0.05) is 18.9 Å². The molecule has 0 saturated carbocycles. The lowest BCUT2D eigenvalue weighted by atomic mass is 10.1. The molecule has 0 amide bonds. The zero-order valence-corrected chi connectivity index (χ0v) is 12.1. The van der Waals surface area contributed by atoms with Crippen molar-refractivity contribution in [3.05, 3.63) is 29.8 Å². The normalized spacial score (nSPS) is 13.6. The van der Waals surface area contributed by atoms with E-state index in [4.69, 9.17) is 19.0 Å². The highest BCUT2D eigenvalue weighted by Gasteiger charge is 2.42. The quantitative estimate of drug-likeness (QED) is 0.585. The van der Waals surface area contributed by atoms with Gasteiger partial charge < -0.3 is 23.8 Å². The van der Waals surface area contributed by atoms with Crippen LogP contribution in [0.2, 0.25) is 0 Å². The van der Waals surface area contributed by atoms with Crippen molar-refractivity contribution in [1.29, 1.82) is 0 Å². The molecule has 0 fully saturated rings. The number of rotatable bonds is 7. The Morgan fingerprint density at radius 2 is 1.89 bits per heavy atom. The predicted octanol–water partition coefficient (Wildman–Crippen LogP) is 1.85. The summed E-state index contributed by atoms with van der Waals surface area (Å²) in [4.78, 5) is 10.2. The molecule has 1 atom stereocenters. The van der Waals surface area contributed by atoms with Crippen molar-refractivity contribution < 1.29 is 18.1 Å². The molecule has 0 radical (unpaired) electrons. The van der Waals surface area contributed by atoms with Crippen molar-refractivity contribution in [2.75, 3.05) is 18.9 Å². The number of nitrogens with two attached hydrogens (primary N) is 1. The predicted molar refractivity (Wildman–Crippen MR) is 71.6 cm³/mol. The van der Waals surface area contributed by atoms with Crippen LogP contribution < -0.4 is 5.73 Å². The van der Waals surface area contributed by atoms with E-state index in [1.54, 1.807) is 26.0 Å². The summed E-state index contributed by atoms with van der Waals surface area (Å²) in [6.07, 6.45) is -0.344. The molecule has 0 heterocycles. The van der Waals surface area contributed by atoms with Gasteiger partial charge in [0.05, 0.1) is 6.10 Å². The van der Waals surface area contributed by atoms with E-state index in [0.29, 0.717) is 18.9 Å². The van der Waals surface area contributed by atoms with E-state index >= 15 is 0 Å². The fraction of sp³-hybridized carbons (Fsp3) is 0.500. The smallest absolute Gasteiger partial charge is 0.399 e. The molecule has 6 heteroatoms. The van der Waals surface area contributed by atoms with E-state index in [1.807, 2.05) is 19.1 Å². The first-order chi connectivity index (χ1) is 8.50. The molecular formula is C12H21NO4Si. The summed E-state index contributed by atoms with van der Waals surface area (Å²) in [6, 6.07) is 7.32. The fourth-order valence-corrected chi connectivity index (χ4v) is 3.11. The molecule has 1 aromatic rings. The zero-order chi connectivity index (χ0) is 13.6. The molecule has 0 aliphatic heterocycles. The third kappa shape index (κ3) is 4.39. The zero-order valence-electron chi connectivity index (χ0n) is 11.1. The van der Waals surface area contributed by atoms with Crippen LogP contribution in [-0.2, 0) is 13.3 Å². The Balaban J connectivity index is 2.74. The van der Waals surface area contributed by atoms with Crippen LogP contribution >= 0.6 is 0 Å². The van der Waals surface area contributed by atoms with Crippen molar-refractivity contribution >= 4 is 14.7 Å². The second-order valence-corrected chi connectivity index (χ2v) is 5.68. The van der Waals surface area contributed by atoms with Crippen molar-refractivity contribution in [3.63, 3.8) is 0 Å². The van der Waals surface area contributed by atoms with E-state index in [0.717, 1.165) is 5.56 Å². The van der Waals surface area contributed by atoms with Crippen molar-refractivity contribution in [1.82, 2.24) is 0 Å². The summed E-state index contributed by atoms with van der Waals surface area (Å²) < 4.78 is 16.0. The maximum Gasteiger partial charge on any atom is 0.677 e. The lowest BCUT2D eigenvalue weighted by molar-refractivity contribution is -0.0246. The highest BCUT2D eigenvalue weighted by molar-refractivity contribution is 6.51. The Kier molecular flexibility index (Phi) is 5.77. The van der Waals surface area contributed by atoms with E-state index < -0.39 is 9.05 Å². The minimum absolute atomic E-state index is 0.340. The third-order valence-electron chi connectivity index (χ3n) is 2.36. The van der Waals surface area contributed by atoms with Crippen LogP contribution in [0.15, 0.2) is 24.3 Å². The van der Waals surface area contributed by atoms with Crippen molar-refractivity contribution in [3.8, 4) is 0 Å². The van der Waals surface area contributed by atoms with Gasteiger partial charge in [-0.05, 0) is 38.5 Å². The van der Waals surface area contributed by atoms with E-state index in [-0.39, 0.29) is 6.10 Å². The molecule has 0 aromatic heterocycles.